The maximum absolute atomic E-state index is 13.4. The molecule has 0 aliphatic carbocycles. The highest BCUT2D eigenvalue weighted by atomic mass is 79.9. The van der Waals surface area contributed by atoms with Gasteiger partial charge in [-0.2, -0.15) is 5.10 Å². The number of hydrogen-bond acceptors (Lipinski definition) is 4. The van der Waals surface area contributed by atoms with E-state index in [0.717, 1.165) is 23.3 Å². The van der Waals surface area contributed by atoms with E-state index in [1.807, 2.05) is 19.9 Å². The zero-order valence-corrected chi connectivity index (χ0v) is 20.1. The first-order chi connectivity index (χ1) is 15.8. The van der Waals surface area contributed by atoms with Crippen LogP contribution in [0.5, 0.6) is 0 Å². The van der Waals surface area contributed by atoms with Crippen LogP contribution >= 0.6 is 15.9 Å². The second-order valence-electron chi connectivity index (χ2n) is 7.58. The highest BCUT2D eigenvalue weighted by Crippen LogP contribution is 2.25. The molecule has 3 aromatic rings. The molecule has 0 radical (unpaired) electrons. The van der Waals surface area contributed by atoms with Gasteiger partial charge < -0.3 is 10.4 Å². The molecule has 172 valence electrons. The smallest absolute Gasteiger partial charge is 0.252 e. The minimum Gasteiger partial charge on any atom is -0.394 e. The molecule has 3 rings (SSSR count). The number of amides is 1. The zero-order valence-electron chi connectivity index (χ0n) is 18.6. The number of rotatable bonds is 9. The standard InChI is InChI=1S/C25H26BrFN4O2/c1-4-16(2)5-10-21(25(33)30-23(15-32)18-11-12-28-24(26)13-18)22-14-29-31(17(22)3)20-8-6-19(27)7-9-20/h6-14,23,32H,2,4-5,15H2,1,3H3,(H,30,33). The van der Waals surface area contributed by atoms with Crippen LogP contribution in [-0.2, 0) is 4.79 Å². The van der Waals surface area contributed by atoms with Crippen LogP contribution < -0.4 is 5.32 Å². The second-order valence-corrected chi connectivity index (χ2v) is 8.39. The van der Waals surface area contributed by atoms with Gasteiger partial charge in [0.15, 0.2) is 0 Å². The summed E-state index contributed by atoms with van der Waals surface area (Å²) in [4.78, 5) is 17.5. The first-order valence-electron chi connectivity index (χ1n) is 10.5. The largest absolute Gasteiger partial charge is 0.394 e. The normalized spacial score (nSPS) is 12.5. The fourth-order valence-corrected chi connectivity index (χ4v) is 3.72. The fraction of sp³-hybridized carbons (Fsp3) is 0.240. The van der Waals surface area contributed by atoms with E-state index in [4.69, 9.17) is 0 Å². The molecule has 1 unspecified atom stereocenters. The predicted molar refractivity (Wildman–Crippen MR) is 130 cm³/mol. The Balaban J connectivity index is 1.96. The lowest BCUT2D eigenvalue weighted by Crippen LogP contribution is -2.31. The molecule has 0 bridgehead atoms. The molecular weight excluding hydrogens is 487 g/mol. The first-order valence-corrected chi connectivity index (χ1v) is 11.3. The van der Waals surface area contributed by atoms with Gasteiger partial charge in [0.2, 0.25) is 0 Å². The molecule has 0 saturated carbocycles. The van der Waals surface area contributed by atoms with Crippen LogP contribution in [0.2, 0.25) is 0 Å². The van der Waals surface area contributed by atoms with Gasteiger partial charge in [-0.1, -0.05) is 25.2 Å². The third kappa shape index (κ3) is 6.03. The van der Waals surface area contributed by atoms with Crippen LogP contribution in [0, 0.1) is 12.7 Å². The molecule has 1 aromatic carbocycles. The quantitative estimate of drug-likeness (QED) is 0.238. The van der Waals surface area contributed by atoms with E-state index in [-0.39, 0.29) is 18.3 Å². The molecule has 0 aliphatic heterocycles. The van der Waals surface area contributed by atoms with Crippen molar-refractivity contribution in [1.82, 2.24) is 20.1 Å². The van der Waals surface area contributed by atoms with Crippen LogP contribution in [0.1, 0.15) is 42.6 Å². The topological polar surface area (TPSA) is 80.0 Å². The van der Waals surface area contributed by atoms with Crippen molar-refractivity contribution >= 4 is 27.4 Å². The highest BCUT2D eigenvalue weighted by Gasteiger charge is 2.22. The van der Waals surface area contributed by atoms with Crippen molar-refractivity contribution in [3.05, 3.63) is 94.3 Å². The molecule has 6 nitrogen and oxygen atoms in total. The van der Waals surface area contributed by atoms with E-state index in [1.54, 1.807) is 41.3 Å². The number of halogens is 2. The number of nitrogens with one attached hydrogen (secondary N) is 1. The Morgan fingerprint density at radius 2 is 2.06 bits per heavy atom. The number of benzene rings is 1. The molecule has 2 aromatic heterocycles. The van der Waals surface area contributed by atoms with Crippen LogP contribution in [0.15, 0.2) is 71.6 Å². The van der Waals surface area contributed by atoms with Crippen molar-refractivity contribution in [3.8, 4) is 5.69 Å². The Bertz CT molecular complexity index is 1170. The molecule has 0 spiro atoms. The summed E-state index contributed by atoms with van der Waals surface area (Å²) in [5, 5.41) is 17.3. The predicted octanol–water partition coefficient (Wildman–Crippen LogP) is 5.07. The maximum atomic E-state index is 13.4. The van der Waals surface area contributed by atoms with E-state index >= 15 is 0 Å². The summed E-state index contributed by atoms with van der Waals surface area (Å²) in [7, 11) is 0. The number of allylic oxidation sites excluding steroid dienone is 2. The van der Waals surface area contributed by atoms with Gasteiger partial charge in [-0.05, 0) is 77.7 Å². The SMILES string of the molecule is C=C(CC)CC=C(C(=O)NC(CO)c1ccnc(Br)c1)c1cnn(-c2ccc(F)cc2)c1C. The molecule has 0 aliphatic rings. The maximum Gasteiger partial charge on any atom is 0.252 e. The molecule has 8 heteroatoms. The number of carbonyl (C=O) groups is 1. The monoisotopic (exact) mass is 512 g/mol. The Morgan fingerprint density at radius 3 is 2.70 bits per heavy atom. The number of nitrogens with zero attached hydrogens (tertiary/aromatic N) is 3. The van der Waals surface area contributed by atoms with Gasteiger partial charge in [0, 0.05) is 23.0 Å². The molecule has 1 atom stereocenters. The van der Waals surface area contributed by atoms with Gasteiger partial charge in [-0.15, -0.1) is 0 Å². The molecular formula is C25H26BrFN4O2. The van der Waals surface area contributed by atoms with Crippen LogP contribution in [0.25, 0.3) is 11.3 Å². The molecule has 2 N–H and O–H groups in total. The third-order valence-electron chi connectivity index (χ3n) is 5.35. The lowest BCUT2D eigenvalue weighted by Gasteiger charge is -2.18. The van der Waals surface area contributed by atoms with Gasteiger partial charge >= 0.3 is 0 Å². The Hall–Kier alpha value is -3.10. The zero-order chi connectivity index (χ0) is 24.0. The molecule has 1 amide bonds. The van der Waals surface area contributed by atoms with E-state index in [2.05, 4.69) is 37.9 Å². The molecule has 0 saturated heterocycles. The van der Waals surface area contributed by atoms with Crippen molar-refractivity contribution in [2.75, 3.05) is 6.61 Å². The Labute approximate surface area is 201 Å². The summed E-state index contributed by atoms with van der Waals surface area (Å²) in [6, 6.07) is 8.87. The number of hydrogen-bond donors (Lipinski definition) is 2. The van der Waals surface area contributed by atoms with E-state index in [0.29, 0.717) is 27.8 Å². The van der Waals surface area contributed by atoms with Gasteiger partial charge in [-0.25, -0.2) is 14.1 Å². The minimum absolute atomic E-state index is 0.273. The van der Waals surface area contributed by atoms with Crippen molar-refractivity contribution in [1.29, 1.82) is 0 Å². The van der Waals surface area contributed by atoms with Crippen LogP contribution in [0.4, 0.5) is 4.39 Å². The second kappa shape index (κ2) is 11.2. The Kier molecular flexibility index (Phi) is 8.30. The van der Waals surface area contributed by atoms with Gasteiger partial charge in [0.05, 0.1) is 24.5 Å². The van der Waals surface area contributed by atoms with E-state index in [9.17, 15) is 14.3 Å². The number of aromatic nitrogens is 3. The minimum atomic E-state index is -0.609. The molecule has 0 fully saturated rings. The summed E-state index contributed by atoms with van der Waals surface area (Å²) in [5.41, 5.74) is 4.21. The number of aliphatic hydroxyl groups excluding tert-OH is 1. The fourth-order valence-electron chi connectivity index (χ4n) is 3.34. The summed E-state index contributed by atoms with van der Waals surface area (Å²) in [6.45, 7) is 7.62. The van der Waals surface area contributed by atoms with Gasteiger partial charge in [-0.3, -0.25) is 4.79 Å². The van der Waals surface area contributed by atoms with Crippen LogP contribution in [-0.4, -0.2) is 32.4 Å². The summed E-state index contributed by atoms with van der Waals surface area (Å²) in [5.74, 6) is -0.674. The highest BCUT2D eigenvalue weighted by molar-refractivity contribution is 9.10. The van der Waals surface area contributed by atoms with E-state index < -0.39 is 6.04 Å². The lowest BCUT2D eigenvalue weighted by molar-refractivity contribution is -0.116. The summed E-state index contributed by atoms with van der Waals surface area (Å²) >= 11 is 3.32. The number of aliphatic hydroxyl groups is 1. The average molecular weight is 513 g/mol. The summed E-state index contributed by atoms with van der Waals surface area (Å²) in [6.07, 6.45) is 6.38. The van der Waals surface area contributed by atoms with Crippen molar-refractivity contribution < 1.29 is 14.3 Å². The van der Waals surface area contributed by atoms with Crippen molar-refractivity contribution in [2.24, 2.45) is 0 Å². The lowest BCUT2D eigenvalue weighted by atomic mass is 10.0. The average Bonchev–Trinajstić information content (AvgIpc) is 3.18. The Morgan fingerprint density at radius 1 is 1.33 bits per heavy atom. The van der Waals surface area contributed by atoms with Gasteiger partial charge in [0.25, 0.3) is 5.91 Å². The van der Waals surface area contributed by atoms with Crippen molar-refractivity contribution in [3.63, 3.8) is 0 Å². The number of carbonyl (C=O) groups excluding carboxylic acids is 1. The van der Waals surface area contributed by atoms with Crippen molar-refractivity contribution in [2.45, 2.75) is 32.7 Å². The van der Waals surface area contributed by atoms with Gasteiger partial charge in [0.1, 0.15) is 10.4 Å². The van der Waals surface area contributed by atoms with Crippen LogP contribution in [0.3, 0.4) is 0 Å². The molecule has 2 heterocycles. The van der Waals surface area contributed by atoms with E-state index in [1.165, 1.54) is 12.1 Å². The number of pyridine rings is 1. The molecule has 33 heavy (non-hydrogen) atoms. The third-order valence-corrected chi connectivity index (χ3v) is 5.79. The summed E-state index contributed by atoms with van der Waals surface area (Å²) < 4.78 is 15.6. The first kappa shape index (κ1) is 24.5.